The Morgan fingerprint density at radius 3 is 2.30 bits per heavy atom. The van der Waals surface area contributed by atoms with Crippen LogP contribution in [0.2, 0.25) is 5.02 Å². The summed E-state index contributed by atoms with van der Waals surface area (Å²) in [5.41, 5.74) is 2.08. The summed E-state index contributed by atoms with van der Waals surface area (Å²) in [6, 6.07) is 10.5. The second kappa shape index (κ2) is 13.9. The first kappa shape index (κ1) is 30.0. The zero-order chi connectivity index (χ0) is 27.6. The van der Waals surface area contributed by atoms with E-state index in [9.17, 15) is 14.4 Å². The van der Waals surface area contributed by atoms with E-state index in [1.807, 2.05) is 12.1 Å². The van der Waals surface area contributed by atoms with E-state index in [0.717, 1.165) is 12.0 Å². The zero-order valence-electron chi connectivity index (χ0n) is 22.5. The van der Waals surface area contributed by atoms with Gasteiger partial charge in [0.25, 0.3) is 5.91 Å². The summed E-state index contributed by atoms with van der Waals surface area (Å²) in [6.07, 6.45) is 0.851. The molecule has 0 aromatic heterocycles. The SMILES string of the molecule is Cc1cc(C(=O)Nc2ccc(CNC(=O)CCC(C)C)cc2)cc(Cl)c1OCCNC(=O)OC(C)(C)C. The fraction of sp³-hybridized carbons (Fsp3) is 0.464. The van der Waals surface area contributed by atoms with Crippen molar-refractivity contribution in [3.63, 3.8) is 0 Å². The fourth-order valence-corrected chi connectivity index (χ4v) is 3.60. The Kier molecular flexibility index (Phi) is 11.2. The molecule has 8 nitrogen and oxygen atoms in total. The lowest BCUT2D eigenvalue weighted by Gasteiger charge is -2.20. The van der Waals surface area contributed by atoms with Crippen LogP contribution in [0.25, 0.3) is 0 Å². The summed E-state index contributed by atoms with van der Waals surface area (Å²) < 4.78 is 10.9. The number of hydrogen-bond acceptors (Lipinski definition) is 5. The van der Waals surface area contributed by atoms with E-state index in [1.54, 1.807) is 52.0 Å². The molecule has 0 saturated carbocycles. The third-order valence-corrected chi connectivity index (χ3v) is 5.44. The van der Waals surface area contributed by atoms with E-state index in [1.165, 1.54) is 0 Å². The van der Waals surface area contributed by atoms with Gasteiger partial charge in [-0.25, -0.2) is 4.79 Å². The third kappa shape index (κ3) is 11.1. The predicted molar refractivity (Wildman–Crippen MR) is 146 cm³/mol. The zero-order valence-corrected chi connectivity index (χ0v) is 23.3. The number of nitrogens with one attached hydrogen (secondary N) is 3. The normalized spacial score (nSPS) is 11.1. The molecule has 0 unspecified atom stereocenters. The predicted octanol–water partition coefficient (Wildman–Crippen LogP) is 5.86. The fourth-order valence-electron chi connectivity index (χ4n) is 3.28. The molecule has 0 spiro atoms. The Morgan fingerprint density at radius 1 is 1.03 bits per heavy atom. The number of rotatable bonds is 11. The number of halogens is 1. The lowest BCUT2D eigenvalue weighted by Crippen LogP contribution is -2.34. The number of carbonyl (C=O) groups is 3. The first-order valence-corrected chi connectivity index (χ1v) is 12.8. The largest absolute Gasteiger partial charge is 0.490 e. The summed E-state index contributed by atoms with van der Waals surface area (Å²) in [5.74, 6) is 0.663. The van der Waals surface area contributed by atoms with E-state index in [2.05, 4.69) is 29.8 Å². The maximum Gasteiger partial charge on any atom is 0.407 e. The number of aryl methyl sites for hydroxylation is 1. The van der Waals surface area contributed by atoms with E-state index in [0.29, 0.717) is 46.5 Å². The lowest BCUT2D eigenvalue weighted by molar-refractivity contribution is -0.121. The van der Waals surface area contributed by atoms with Gasteiger partial charge in [0.2, 0.25) is 5.91 Å². The van der Waals surface area contributed by atoms with E-state index < -0.39 is 11.7 Å². The minimum Gasteiger partial charge on any atom is -0.490 e. The van der Waals surface area contributed by atoms with Gasteiger partial charge in [-0.1, -0.05) is 37.6 Å². The standard InChI is InChI=1S/C28H38ClN3O5/c1-18(2)7-12-24(33)31-17-20-8-10-22(11-9-20)32-26(34)21-15-19(3)25(23(29)16-21)36-14-13-30-27(35)37-28(4,5)6/h8-11,15-16,18H,7,12-14,17H2,1-6H3,(H,30,35)(H,31,33)(H,32,34). The van der Waals surface area contributed by atoms with Crippen LogP contribution in [0.15, 0.2) is 36.4 Å². The molecule has 9 heteroatoms. The van der Waals surface area contributed by atoms with Gasteiger partial charge in [0, 0.05) is 24.2 Å². The van der Waals surface area contributed by atoms with Crippen molar-refractivity contribution in [1.82, 2.24) is 10.6 Å². The highest BCUT2D eigenvalue weighted by Crippen LogP contribution is 2.30. The van der Waals surface area contributed by atoms with Gasteiger partial charge in [0.05, 0.1) is 11.6 Å². The molecule has 37 heavy (non-hydrogen) atoms. The van der Waals surface area contributed by atoms with Crippen molar-refractivity contribution in [1.29, 1.82) is 0 Å². The highest BCUT2D eigenvalue weighted by atomic mass is 35.5. The van der Waals surface area contributed by atoms with Gasteiger partial charge >= 0.3 is 6.09 Å². The molecule has 0 radical (unpaired) electrons. The molecule has 0 aliphatic rings. The van der Waals surface area contributed by atoms with Crippen LogP contribution in [0.5, 0.6) is 5.75 Å². The number of alkyl carbamates (subject to hydrolysis) is 1. The van der Waals surface area contributed by atoms with Gasteiger partial charge in [-0.15, -0.1) is 0 Å². The monoisotopic (exact) mass is 531 g/mol. The molecule has 0 aliphatic heterocycles. The molecule has 2 aromatic rings. The Morgan fingerprint density at radius 2 is 1.70 bits per heavy atom. The molecule has 0 saturated heterocycles. The minimum absolute atomic E-state index is 0.0325. The smallest absolute Gasteiger partial charge is 0.407 e. The second-order valence-electron chi connectivity index (χ2n) is 10.2. The molecule has 0 fully saturated rings. The van der Waals surface area contributed by atoms with Crippen molar-refractivity contribution in [2.75, 3.05) is 18.5 Å². The quantitative estimate of drug-likeness (QED) is 0.315. The van der Waals surface area contributed by atoms with Gasteiger partial charge in [-0.3, -0.25) is 9.59 Å². The summed E-state index contributed by atoms with van der Waals surface area (Å²) in [7, 11) is 0. The van der Waals surface area contributed by atoms with Crippen LogP contribution in [-0.4, -0.2) is 36.7 Å². The van der Waals surface area contributed by atoms with Crippen LogP contribution in [0.1, 0.15) is 68.9 Å². The topological polar surface area (TPSA) is 106 Å². The van der Waals surface area contributed by atoms with E-state index in [4.69, 9.17) is 21.1 Å². The number of carbonyl (C=O) groups excluding carboxylic acids is 3. The van der Waals surface area contributed by atoms with Gasteiger partial charge in [-0.05, 0) is 75.4 Å². The van der Waals surface area contributed by atoms with Crippen molar-refractivity contribution in [3.8, 4) is 5.75 Å². The molecule has 2 aromatic carbocycles. The van der Waals surface area contributed by atoms with Crippen LogP contribution in [0.4, 0.5) is 10.5 Å². The Bertz CT molecular complexity index is 1060. The van der Waals surface area contributed by atoms with Crippen molar-refractivity contribution < 1.29 is 23.9 Å². The maximum absolute atomic E-state index is 12.8. The summed E-state index contributed by atoms with van der Waals surface area (Å²) in [6.45, 7) is 12.2. The molecule has 3 amide bonds. The number of ether oxygens (including phenoxy) is 2. The molecule has 0 atom stereocenters. The third-order valence-electron chi connectivity index (χ3n) is 5.16. The van der Waals surface area contributed by atoms with E-state index in [-0.39, 0.29) is 25.0 Å². The first-order chi connectivity index (χ1) is 17.3. The number of anilines is 1. The molecular weight excluding hydrogens is 494 g/mol. The summed E-state index contributed by atoms with van der Waals surface area (Å²) in [5, 5.41) is 8.68. The van der Waals surface area contributed by atoms with Crippen molar-refractivity contribution >= 4 is 35.2 Å². The number of benzene rings is 2. The van der Waals surface area contributed by atoms with Crippen LogP contribution in [0.3, 0.4) is 0 Å². The molecular formula is C28H38ClN3O5. The average molecular weight is 532 g/mol. The number of amides is 3. The number of hydrogen-bond donors (Lipinski definition) is 3. The lowest BCUT2D eigenvalue weighted by atomic mass is 10.1. The summed E-state index contributed by atoms with van der Waals surface area (Å²) >= 11 is 6.38. The van der Waals surface area contributed by atoms with Crippen molar-refractivity contribution in [2.45, 2.75) is 66.5 Å². The highest BCUT2D eigenvalue weighted by Gasteiger charge is 2.16. The molecule has 202 valence electrons. The van der Waals surface area contributed by atoms with Crippen molar-refractivity contribution in [3.05, 3.63) is 58.1 Å². The Balaban J connectivity index is 1.87. The van der Waals surface area contributed by atoms with Gasteiger partial charge in [0.1, 0.15) is 18.0 Å². The molecule has 0 heterocycles. The molecule has 2 rings (SSSR count). The van der Waals surface area contributed by atoms with Gasteiger partial charge < -0.3 is 25.4 Å². The first-order valence-electron chi connectivity index (χ1n) is 12.4. The van der Waals surface area contributed by atoms with Crippen LogP contribution in [-0.2, 0) is 16.1 Å². The highest BCUT2D eigenvalue weighted by molar-refractivity contribution is 6.32. The summed E-state index contributed by atoms with van der Waals surface area (Å²) in [4.78, 5) is 36.4. The van der Waals surface area contributed by atoms with E-state index >= 15 is 0 Å². The minimum atomic E-state index is -0.576. The van der Waals surface area contributed by atoms with Crippen LogP contribution in [0, 0.1) is 12.8 Å². The van der Waals surface area contributed by atoms with Crippen molar-refractivity contribution in [2.24, 2.45) is 5.92 Å². The molecule has 3 N–H and O–H groups in total. The van der Waals surface area contributed by atoms with Crippen LogP contribution < -0.4 is 20.7 Å². The Hall–Kier alpha value is -3.26. The maximum atomic E-state index is 12.8. The Labute approximate surface area is 224 Å². The molecule has 0 aliphatic carbocycles. The van der Waals surface area contributed by atoms with Crippen LogP contribution >= 0.6 is 11.6 Å². The second-order valence-corrected chi connectivity index (χ2v) is 10.6. The van der Waals surface area contributed by atoms with Gasteiger partial charge in [-0.2, -0.15) is 0 Å². The average Bonchev–Trinajstić information content (AvgIpc) is 2.80. The van der Waals surface area contributed by atoms with Gasteiger partial charge in [0.15, 0.2) is 0 Å². The molecule has 0 bridgehead atoms.